The maximum atomic E-state index is 11.7. The van der Waals surface area contributed by atoms with Crippen molar-refractivity contribution in [3.63, 3.8) is 0 Å². The van der Waals surface area contributed by atoms with Crippen molar-refractivity contribution >= 4 is 17.7 Å². The van der Waals surface area contributed by atoms with E-state index in [1.165, 1.54) is 25.7 Å². The Labute approximate surface area is 109 Å². The quantitative estimate of drug-likeness (QED) is 0.719. The molecule has 3 N–H and O–H groups in total. The fourth-order valence-electron chi connectivity index (χ4n) is 2.11. The number of carbonyl (C=O) groups is 1. The molecule has 0 bridgehead atoms. The van der Waals surface area contributed by atoms with Gasteiger partial charge in [-0.3, -0.25) is 4.79 Å². The third kappa shape index (κ3) is 6.94. The normalized spacial score (nSPS) is 19.6. The molecule has 3 nitrogen and oxygen atoms in total. The van der Waals surface area contributed by atoms with Gasteiger partial charge in [0.25, 0.3) is 0 Å². The van der Waals surface area contributed by atoms with E-state index < -0.39 is 0 Å². The van der Waals surface area contributed by atoms with E-state index in [0.29, 0.717) is 11.8 Å². The molecular formula is C13H26N2OS. The van der Waals surface area contributed by atoms with Crippen molar-refractivity contribution in [2.75, 3.05) is 11.5 Å². The molecule has 0 saturated heterocycles. The van der Waals surface area contributed by atoms with Crippen molar-refractivity contribution < 1.29 is 4.79 Å². The summed E-state index contributed by atoms with van der Waals surface area (Å²) in [5.74, 6) is 1.63. The molecule has 1 aliphatic carbocycles. The van der Waals surface area contributed by atoms with Crippen LogP contribution in [-0.4, -0.2) is 29.5 Å². The highest BCUT2D eigenvalue weighted by Crippen LogP contribution is 2.17. The second kappa shape index (κ2) is 8.81. The summed E-state index contributed by atoms with van der Waals surface area (Å²) >= 11 is 1.65. The van der Waals surface area contributed by atoms with Crippen LogP contribution in [0.1, 0.15) is 51.9 Å². The zero-order valence-electron chi connectivity index (χ0n) is 10.9. The first-order valence-corrected chi connectivity index (χ1v) is 8.00. The highest BCUT2D eigenvalue weighted by molar-refractivity contribution is 7.99. The number of hydrogen-bond acceptors (Lipinski definition) is 3. The summed E-state index contributed by atoms with van der Waals surface area (Å²) in [6, 6.07) is 0.649. The minimum atomic E-state index is 0.185. The first kappa shape index (κ1) is 14.8. The van der Waals surface area contributed by atoms with Gasteiger partial charge < -0.3 is 11.1 Å². The van der Waals surface area contributed by atoms with Crippen molar-refractivity contribution in [1.82, 2.24) is 5.32 Å². The number of amides is 1. The fraction of sp³-hybridized carbons (Fsp3) is 0.923. The second-order valence-corrected chi connectivity index (χ2v) is 5.97. The topological polar surface area (TPSA) is 55.1 Å². The number of hydrogen-bond donors (Lipinski definition) is 2. The molecule has 1 amide bonds. The van der Waals surface area contributed by atoms with Crippen LogP contribution in [0.4, 0.5) is 0 Å². The summed E-state index contributed by atoms with van der Waals surface area (Å²) in [5.41, 5.74) is 5.81. The van der Waals surface area contributed by atoms with Crippen LogP contribution in [0.15, 0.2) is 0 Å². The van der Waals surface area contributed by atoms with Gasteiger partial charge in [-0.05, 0) is 19.3 Å². The van der Waals surface area contributed by atoms with Crippen LogP contribution in [0, 0.1) is 0 Å². The minimum absolute atomic E-state index is 0.185. The Bertz CT molecular complexity index is 215. The molecule has 1 aliphatic rings. The molecule has 4 heteroatoms. The van der Waals surface area contributed by atoms with Crippen molar-refractivity contribution in [2.24, 2.45) is 5.73 Å². The maximum absolute atomic E-state index is 11.7. The molecule has 0 aromatic heterocycles. The highest BCUT2D eigenvalue weighted by atomic mass is 32.2. The van der Waals surface area contributed by atoms with Gasteiger partial charge in [0, 0.05) is 17.8 Å². The zero-order valence-corrected chi connectivity index (χ0v) is 11.7. The third-order valence-electron chi connectivity index (χ3n) is 3.31. The minimum Gasteiger partial charge on any atom is -0.353 e. The molecule has 0 aromatic rings. The van der Waals surface area contributed by atoms with Crippen molar-refractivity contribution in [3.8, 4) is 0 Å². The maximum Gasteiger partial charge on any atom is 0.230 e. The van der Waals surface area contributed by atoms with E-state index in [2.05, 4.69) is 12.2 Å². The van der Waals surface area contributed by atoms with Gasteiger partial charge in [0.2, 0.25) is 5.91 Å². The summed E-state index contributed by atoms with van der Waals surface area (Å²) in [5, 5.41) is 3.15. The van der Waals surface area contributed by atoms with Gasteiger partial charge in [0.05, 0.1) is 5.75 Å². The first-order chi connectivity index (χ1) is 8.22. The Kier molecular flexibility index (Phi) is 7.69. The SMILES string of the molecule is CCC(N)CSCC(=O)NC1CCCCCC1. The van der Waals surface area contributed by atoms with Crippen molar-refractivity contribution in [3.05, 3.63) is 0 Å². The van der Waals surface area contributed by atoms with E-state index in [1.807, 2.05) is 0 Å². The number of carbonyl (C=O) groups excluding carboxylic acids is 1. The molecule has 0 radical (unpaired) electrons. The zero-order chi connectivity index (χ0) is 12.5. The predicted octanol–water partition coefficient (Wildman–Crippen LogP) is 2.30. The van der Waals surface area contributed by atoms with Gasteiger partial charge in [0.1, 0.15) is 0 Å². The van der Waals surface area contributed by atoms with Gasteiger partial charge in [0.15, 0.2) is 0 Å². The van der Waals surface area contributed by atoms with Crippen LogP contribution in [0.3, 0.4) is 0 Å². The number of rotatable bonds is 6. The van der Waals surface area contributed by atoms with Crippen LogP contribution < -0.4 is 11.1 Å². The highest BCUT2D eigenvalue weighted by Gasteiger charge is 2.14. The molecule has 1 fully saturated rings. The van der Waals surface area contributed by atoms with E-state index in [0.717, 1.165) is 25.0 Å². The number of nitrogens with two attached hydrogens (primary N) is 1. The Hall–Kier alpha value is -0.220. The standard InChI is InChI=1S/C13H26N2OS/c1-2-11(14)9-17-10-13(16)15-12-7-5-3-4-6-8-12/h11-12H,2-10,14H2,1H3,(H,15,16). The molecule has 1 saturated carbocycles. The monoisotopic (exact) mass is 258 g/mol. The lowest BCUT2D eigenvalue weighted by Crippen LogP contribution is -2.36. The van der Waals surface area contributed by atoms with Crippen molar-refractivity contribution in [1.29, 1.82) is 0 Å². The number of thioether (sulfide) groups is 1. The lowest BCUT2D eigenvalue weighted by atomic mass is 10.1. The summed E-state index contributed by atoms with van der Waals surface area (Å²) in [7, 11) is 0. The lowest BCUT2D eigenvalue weighted by Gasteiger charge is -2.16. The Balaban J connectivity index is 2.10. The second-order valence-electron chi connectivity index (χ2n) is 4.94. The van der Waals surface area contributed by atoms with Crippen LogP contribution >= 0.6 is 11.8 Å². The van der Waals surface area contributed by atoms with Gasteiger partial charge in [-0.2, -0.15) is 11.8 Å². The van der Waals surface area contributed by atoms with Crippen LogP contribution in [-0.2, 0) is 4.79 Å². The molecule has 1 atom stereocenters. The first-order valence-electron chi connectivity index (χ1n) is 6.85. The molecule has 0 aliphatic heterocycles. The van der Waals surface area contributed by atoms with Crippen LogP contribution in [0.2, 0.25) is 0 Å². The fourth-order valence-corrected chi connectivity index (χ4v) is 3.04. The Morgan fingerprint density at radius 2 is 2.00 bits per heavy atom. The van der Waals surface area contributed by atoms with E-state index in [9.17, 15) is 4.79 Å². The van der Waals surface area contributed by atoms with Gasteiger partial charge in [-0.25, -0.2) is 0 Å². The summed E-state index contributed by atoms with van der Waals surface area (Å²) in [6.45, 7) is 2.08. The summed E-state index contributed by atoms with van der Waals surface area (Å²) < 4.78 is 0. The van der Waals surface area contributed by atoms with E-state index >= 15 is 0 Å². The molecule has 1 unspecified atom stereocenters. The average Bonchev–Trinajstić information content (AvgIpc) is 2.57. The Morgan fingerprint density at radius 1 is 1.35 bits per heavy atom. The molecule has 100 valence electrons. The average molecular weight is 258 g/mol. The van der Waals surface area contributed by atoms with E-state index in [4.69, 9.17) is 5.73 Å². The van der Waals surface area contributed by atoms with Gasteiger partial charge in [-0.1, -0.05) is 32.6 Å². The Morgan fingerprint density at radius 3 is 2.59 bits per heavy atom. The van der Waals surface area contributed by atoms with Crippen LogP contribution in [0.25, 0.3) is 0 Å². The predicted molar refractivity (Wildman–Crippen MR) is 75.2 cm³/mol. The lowest BCUT2D eigenvalue weighted by molar-refractivity contribution is -0.119. The summed E-state index contributed by atoms with van der Waals surface area (Å²) in [6.07, 6.45) is 8.48. The molecule has 1 rings (SSSR count). The molecular weight excluding hydrogens is 232 g/mol. The molecule has 0 spiro atoms. The van der Waals surface area contributed by atoms with Crippen LogP contribution in [0.5, 0.6) is 0 Å². The number of nitrogens with one attached hydrogen (secondary N) is 1. The third-order valence-corrected chi connectivity index (χ3v) is 4.44. The van der Waals surface area contributed by atoms with Crippen molar-refractivity contribution in [2.45, 2.75) is 64.0 Å². The van der Waals surface area contributed by atoms with Gasteiger partial charge in [-0.15, -0.1) is 0 Å². The largest absolute Gasteiger partial charge is 0.353 e. The molecule has 0 aromatic carbocycles. The van der Waals surface area contributed by atoms with E-state index in [-0.39, 0.29) is 11.9 Å². The van der Waals surface area contributed by atoms with Gasteiger partial charge >= 0.3 is 0 Å². The smallest absolute Gasteiger partial charge is 0.230 e. The molecule has 0 heterocycles. The molecule has 17 heavy (non-hydrogen) atoms. The summed E-state index contributed by atoms with van der Waals surface area (Å²) in [4.78, 5) is 11.7. The van der Waals surface area contributed by atoms with E-state index in [1.54, 1.807) is 11.8 Å².